The molecule has 0 radical (unpaired) electrons. The maximum absolute atomic E-state index is 13.3. The second-order valence-corrected chi connectivity index (χ2v) is 5.27. The van der Waals surface area contributed by atoms with Gasteiger partial charge in [-0.3, -0.25) is 4.79 Å². The predicted molar refractivity (Wildman–Crippen MR) is 89.0 cm³/mol. The minimum atomic E-state index is -0.535. The number of nitrogens with zero attached hydrogens (tertiary/aromatic N) is 5. The molecule has 1 amide bonds. The van der Waals surface area contributed by atoms with Gasteiger partial charge in [0.15, 0.2) is 5.69 Å². The van der Waals surface area contributed by atoms with E-state index in [1.165, 1.54) is 23.0 Å². The van der Waals surface area contributed by atoms with E-state index in [0.29, 0.717) is 11.4 Å². The Morgan fingerprint density at radius 2 is 1.96 bits per heavy atom. The van der Waals surface area contributed by atoms with Gasteiger partial charge >= 0.3 is 11.8 Å². The van der Waals surface area contributed by atoms with Crippen molar-refractivity contribution in [3.05, 3.63) is 72.5 Å². The number of rotatable bonds is 4. The van der Waals surface area contributed by atoms with Gasteiger partial charge in [-0.15, -0.1) is 5.10 Å². The Morgan fingerprint density at radius 1 is 1.12 bits per heavy atom. The van der Waals surface area contributed by atoms with Gasteiger partial charge in [-0.05, 0) is 30.3 Å². The SMILES string of the molecule is O=C(Nc1ccccc1)c1nc(-c2cn(-c3cccc(F)c3)nn2)no1. The van der Waals surface area contributed by atoms with Gasteiger partial charge < -0.3 is 9.84 Å². The smallest absolute Gasteiger partial charge is 0.316 e. The van der Waals surface area contributed by atoms with Crippen molar-refractivity contribution in [1.29, 1.82) is 0 Å². The molecule has 0 saturated carbocycles. The van der Waals surface area contributed by atoms with Gasteiger partial charge in [-0.1, -0.05) is 34.6 Å². The van der Waals surface area contributed by atoms with Gasteiger partial charge in [0, 0.05) is 5.69 Å². The van der Waals surface area contributed by atoms with Crippen molar-refractivity contribution in [2.75, 3.05) is 5.32 Å². The Morgan fingerprint density at radius 3 is 2.77 bits per heavy atom. The van der Waals surface area contributed by atoms with E-state index < -0.39 is 5.91 Å². The van der Waals surface area contributed by atoms with Crippen LogP contribution in [-0.2, 0) is 0 Å². The molecule has 0 fully saturated rings. The van der Waals surface area contributed by atoms with Crippen LogP contribution in [-0.4, -0.2) is 31.0 Å². The molecule has 0 unspecified atom stereocenters. The highest BCUT2D eigenvalue weighted by Gasteiger charge is 2.18. The first kappa shape index (κ1) is 15.6. The average molecular weight is 350 g/mol. The number of carbonyl (C=O) groups is 1. The first-order valence-electron chi connectivity index (χ1n) is 7.58. The van der Waals surface area contributed by atoms with Crippen LogP contribution in [0.1, 0.15) is 10.7 Å². The summed E-state index contributed by atoms with van der Waals surface area (Å²) in [5, 5.41) is 14.2. The lowest BCUT2D eigenvalue weighted by Gasteiger charge is -1.99. The summed E-state index contributed by atoms with van der Waals surface area (Å²) in [5.74, 6) is -1.03. The number of para-hydroxylation sites is 1. The standard InChI is InChI=1S/C17H11FN6O2/c18-11-5-4-8-13(9-11)24-10-14(21-23-24)15-20-17(26-22-15)16(25)19-12-6-2-1-3-7-12/h1-10H,(H,19,25). The van der Waals surface area contributed by atoms with E-state index in [1.54, 1.807) is 36.4 Å². The van der Waals surface area contributed by atoms with Crippen molar-refractivity contribution in [3.8, 4) is 17.2 Å². The monoisotopic (exact) mass is 350 g/mol. The Balaban J connectivity index is 1.54. The van der Waals surface area contributed by atoms with Crippen LogP contribution < -0.4 is 5.32 Å². The molecular weight excluding hydrogens is 339 g/mol. The van der Waals surface area contributed by atoms with Gasteiger partial charge in [0.1, 0.15) is 5.82 Å². The highest BCUT2D eigenvalue weighted by Crippen LogP contribution is 2.16. The molecule has 0 bridgehead atoms. The van der Waals surface area contributed by atoms with Crippen LogP contribution in [0.15, 0.2) is 65.3 Å². The second-order valence-electron chi connectivity index (χ2n) is 5.27. The van der Waals surface area contributed by atoms with E-state index in [2.05, 4.69) is 25.8 Å². The molecular formula is C17H11FN6O2. The molecule has 4 aromatic rings. The van der Waals surface area contributed by atoms with E-state index in [1.807, 2.05) is 6.07 Å². The summed E-state index contributed by atoms with van der Waals surface area (Å²) in [6, 6.07) is 14.8. The van der Waals surface area contributed by atoms with Gasteiger partial charge in [0.25, 0.3) is 0 Å². The lowest BCUT2D eigenvalue weighted by Crippen LogP contribution is -2.12. The van der Waals surface area contributed by atoms with E-state index in [0.717, 1.165) is 0 Å². The lowest BCUT2D eigenvalue weighted by atomic mass is 10.3. The molecule has 4 rings (SSSR count). The fourth-order valence-corrected chi connectivity index (χ4v) is 2.24. The molecule has 0 atom stereocenters. The number of anilines is 1. The van der Waals surface area contributed by atoms with Gasteiger partial charge in [0.2, 0.25) is 5.82 Å². The van der Waals surface area contributed by atoms with E-state index in [9.17, 15) is 9.18 Å². The summed E-state index contributed by atoms with van der Waals surface area (Å²) in [6.45, 7) is 0. The summed E-state index contributed by atoms with van der Waals surface area (Å²) >= 11 is 0. The number of carbonyl (C=O) groups excluding carboxylic acids is 1. The third-order valence-electron chi connectivity index (χ3n) is 3.45. The van der Waals surface area contributed by atoms with Crippen molar-refractivity contribution in [3.63, 3.8) is 0 Å². The normalized spacial score (nSPS) is 10.7. The van der Waals surface area contributed by atoms with Crippen LogP contribution in [0.5, 0.6) is 0 Å². The molecule has 2 aromatic heterocycles. The molecule has 0 spiro atoms. The predicted octanol–water partition coefficient (Wildman–Crippen LogP) is 2.71. The fraction of sp³-hybridized carbons (Fsp3) is 0. The molecule has 0 aliphatic heterocycles. The first-order chi connectivity index (χ1) is 12.7. The van der Waals surface area contributed by atoms with Crippen molar-refractivity contribution >= 4 is 11.6 Å². The number of nitrogens with one attached hydrogen (secondary N) is 1. The number of amides is 1. The first-order valence-corrected chi connectivity index (χ1v) is 7.58. The number of halogens is 1. The number of hydrogen-bond donors (Lipinski definition) is 1. The largest absolute Gasteiger partial charge is 0.328 e. The molecule has 0 aliphatic carbocycles. The zero-order valence-corrected chi connectivity index (χ0v) is 13.2. The van der Waals surface area contributed by atoms with Gasteiger partial charge in [-0.25, -0.2) is 9.07 Å². The van der Waals surface area contributed by atoms with Crippen molar-refractivity contribution in [1.82, 2.24) is 25.1 Å². The Labute approximate surface area is 146 Å². The molecule has 2 aromatic carbocycles. The van der Waals surface area contributed by atoms with E-state index in [4.69, 9.17) is 4.52 Å². The number of hydrogen-bond acceptors (Lipinski definition) is 6. The lowest BCUT2D eigenvalue weighted by molar-refractivity contribution is 0.0981. The van der Waals surface area contributed by atoms with Crippen molar-refractivity contribution in [2.24, 2.45) is 0 Å². The van der Waals surface area contributed by atoms with Crippen molar-refractivity contribution in [2.45, 2.75) is 0 Å². The highest BCUT2D eigenvalue weighted by atomic mass is 19.1. The summed E-state index contributed by atoms with van der Waals surface area (Å²) in [5.41, 5.74) is 1.39. The van der Waals surface area contributed by atoms with Crippen LogP contribution in [0.3, 0.4) is 0 Å². The third kappa shape index (κ3) is 3.18. The summed E-state index contributed by atoms with van der Waals surface area (Å²) in [7, 11) is 0. The number of aromatic nitrogens is 5. The maximum Gasteiger partial charge on any atom is 0.316 e. The van der Waals surface area contributed by atoms with Gasteiger partial charge in [0.05, 0.1) is 11.9 Å². The highest BCUT2D eigenvalue weighted by molar-refractivity contribution is 6.01. The molecule has 2 heterocycles. The molecule has 26 heavy (non-hydrogen) atoms. The Bertz CT molecular complexity index is 1060. The minimum absolute atomic E-state index is 0.103. The molecule has 0 saturated heterocycles. The zero-order chi connectivity index (χ0) is 17.9. The minimum Gasteiger partial charge on any atom is -0.328 e. The van der Waals surface area contributed by atoms with E-state index in [-0.39, 0.29) is 23.2 Å². The second kappa shape index (κ2) is 6.55. The molecule has 9 heteroatoms. The Kier molecular flexibility index (Phi) is 3.94. The number of benzene rings is 2. The summed E-state index contributed by atoms with van der Waals surface area (Å²) in [6.07, 6.45) is 1.51. The Hall–Kier alpha value is -3.88. The molecule has 8 nitrogen and oxygen atoms in total. The quantitative estimate of drug-likeness (QED) is 0.607. The van der Waals surface area contributed by atoms with Crippen molar-refractivity contribution < 1.29 is 13.7 Å². The third-order valence-corrected chi connectivity index (χ3v) is 3.45. The summed E-state index contributed by atoms with van der Waals surface area (Å²) < 4.78 is 19.7. The van der Waals surface area contributed by atoms with Crippen LogP contribution >= 0.6 is 0 Å². The van der Waals surface area contributed by atoms with E-state index >= 15 is 0 Å². The fourth-order valence-electron chi connectivity index (χ4n) is 2.24. The van der Waals surface area contributed by atoms with Gasteiger partial charge in [-0.2, -0.15) is 4.98 Å². The molecule has 0 aliphatic rings. The average Bonchev–Trinajstić information content (AvgIpc) is 3.32. The summed E-state index contributed by atoms with van der Waals surface area (Å²) in [4.78, 5) is 16.2. The van der Waals surface area contributed by atoms with Crippen LogP contribution in [0.25, 0.3) is 17.2 Å². The molecule has 1 N–H and O–H groups in total. The van der Waals surface area contributed by atoms with Crippen LogP contribution in [0, 0.1) is 5.82 Å². The van der Waals surface area contributed by atoms with Crippen LogP contribution in [0.4, 0.5) is 10.1 Å². The van der Waals surface area contributed by atoms with Crippen LogP contribution in [0.2, 0.25) is 0 Å². The topological polar surface area (TPSA) is 98.7 Å². The maximum atomic E-state index is 13.3. The molecule has 128 valence electrons. The zero-order valence-electron chi connectivity index (χ0n) is 13.2.